The molecule has 10 nitrogen and oxygen atoms in total. The van der Waals surface area contributed by atoms with E-state index in [-0.39, 0.29) is 35.7 Å². The number of ether oxygens (including phenoxy) is 1. The predicted molar refractivity (Wildman–Crippen MR) is 227 cm³/mol. The van der Waals surface area contributed by atoms with Crippen LogP contribution in [0, 0.1) is 27.7 Å². The van der Waals surface area contributed by atoms with Gasteiger partial charge in [0.2, 0.25) is 12.3 Å². The van der Waals surface area contributed by atoms with E-state index in [1.807, 2.05) is 49.4 Å². The molecule has 0 aromatic heterocycles. The number of benzene rings is 4. The summed E-state index contributed by atoms with van der Waals surface area (Å²) in [5, 5.41) is 3.83. The lowest BCUT2D eigenvalue weighted by Crippen LogP contribution is -2.78. The Hall–Kier alpha value is -4.30. The van der Waals surface area contributed by atoms with E-state index in [4.69, 9.17) is 16.3 Å². The third kappa shape index (κ3) is 5.41. The molecule has 4 aromatic carbocycles. The van der Waals surface area contributed by atoms with Crippen LogP contribution in [0.15, 0.2) is 97.1 Å². The number of carbonyl (C=O) groups excluding carboxylic acids is 4. The first-order valence-electron chi connectivity index (χ1n) is 20.3. The van der Waals surface area contributed by atoms with Crippen LogP contribution in [0.3, 0.4) is 0 Å². The molecule has 2 aliphatic carbocycles. The second kappa shape index (κ2) is 13.9. The molecule has 4 amide bonds. The molecule has 5 aliphatic heterocycles. The number of nitrogens with zero attached hydrogens (tertiary/aromatic N) is 4. The molecule has 4 aromatic rings. The number of piperidine rings is 4. The minimum absolute atomic E-state index is 0.177. The Kier molecular flexibility index (Phi) is 9.09. The van der Waals surface area contributed by atoms with Crippen LogP contribution in [0.5, 0.6) is 0 Å². The fraction of sp³-hybridized carbons (Fsp3) is 0.391. The number of hydrogen-bond donors (Lipinski definition) is 1. The monoisotopic (exact) mass is 909 g/mol. The van der Waals surface area contributed by atoms with Crippen molar-refractivity contribution in [1.29, 1.82) is 0 Å². The number of fused-ring (bicyclic) bond motifs is 4. The highest BCUT2D eigenvalue weighted by Crippen LogP contribution is 2.99. The fourth-order valence-electron chi connectivity index (χ4n) is 10.9. The first kappa shape index (κ1) is 37.9. The smallest absolute Gasteiger partial charge is 0.265 e. The van der Waals surface area contributed by atoms with E-state index in [1.165, 1.54) is 4.90 Å². The number of hydrogen-bond acceptors (Lipinski definition) is 6. The number of aryl methyl sites for hydroxylation is 1. The Labute approximate surface area is 357 Å². The molecule has 2 saturated carbocycles. The number of amides is 4. The number of anilines is 1. The van der Waals surface area contributed by atoms with Crippen molar-refractivity contribution >= 4 is 64.0 Å². The summed E-state index contributed by atoms with van der Waals surface area (Å²) in [5.41, 5.74) is 2.71. The maximum absolute atomic E-state index is 15.4. The molecule has 3 unspecified atom stereocenters. The molecular formula is C46H45ClIN5O5. The van der Waals surface area contributed by atoms with Crippen molar-refractivity contribution in [3.63, 3.8) is 0 Å². The number of nitrogens with one attached hydrogen (secondary N) is 1. The zero-order valence-electron chi connectivity index (χ0n) is 32.6. The van der Waals surface area contributed by atoms with Crippen molar-refractivity contribution in [2.45, 2.75) is 82.2 Å². The highest BCUT2D eigenvalue weighted by molar-refractivity contribution is 14.1. The molecule has 0 radical (unpaired) electrons. The Bertz CT molecular complexity index is 2340. The van der Waals surface area contributed by atoms with Crippen LogP contribution in [0.4, 0.5) is 5.69 Å². The van der Waals surface area contributed by atoms with Gasteiger partial charge in [-0.1, -0.05) is 91.7 Å². The number of β-lactam (4-membered cyclic amide) rings is 1. The molecule has 2 bridgehead atoms. The summed E-state index contributed by atoms with van der Waals surface area (Å²) >= 11 is 8.60. The standard InChI is InChI=1S/C46H45ClIN5O5/c1-26(2)30-6-4-8-32(23-30)43-53(42(56)38(58-43)29-12-14-33(47)15-13-29)46-39-37(31-7-5-9-34(48)24-31)45(39,46)44(57)52(46)41(51(25-54)35-16-10-27(3)11-17-35)40(55)49-36-22-28-18-20-50(36)21-19-28/h4-17,23-26,28,36-39,41,43H,18-22H2,1-3H3,(H,49,55)/t36?,37?,38-,39+,41?,43+,45+,46+/m0/s1. The van der Waals surface area contributed by atoms with Gasteiger partial charge >= 0.3 is 0 Å². The van der Waals surface area contributed by atoms with E-state index in [0.717, 1.165) is 58.2 Å². The molecule has 12 heteroatoms. The minimum Gasteiger partial charge on any atom is -0.337 e. The highest BCUT2D eigenvalue weighted by atomic mass is 127. The van der Waals surface area contributed by atoms with Gasteiger partial charge < -0.3 is 10.1 Å². The molecule has 1 spiro atoms. The van der Waals surface area contributed by atoms with Crippen molar-refractivity contribution in [3.05, 3.63) is 133 Å². The maximum Gasteiger partial charge on any atom is 0.265 e. The summed E-state index contributed by atoms with van der Waals surface area (Å²) in [6.07, 6.45) is 0.126. The lowest BCUT2D eigenvalue weighted by molar-refractivity contribution is -0.198. The quantitative estimate of drug-likeness (QED) is 0.0953. The van der Waals surface area contributed by atoms with Crippen LogP contribution in [-0.4, -0.2) is 69.9 Å². The molecule has 7 fully saturated rings. The van der Waals surface area contributed by atoms with Crippen molar-refractivity contribution in [1.82, 2.24) is 20.0 Å². The molecule has 5 heterocycles. The van der Waals surface area contributed by atoms with Gasteiger partial charge in [0.05, 0.1) is 6.17 Å². The van der Waals surface area contributed by atoms with Gasteiger partial charge in [-0.25, -0.2) is 0 Å². The van der Waals surface area contributed by atoms with Crippen LogP contribution >= 0.6 is 34.2 Å². The highest BCUT2D eigenvalue weighted by Gasteiger charge is 3.11. The van der Waals surface area contributed by atoms with E-state index >= 15 is 14.4 Å². The first-order chi connectivity index (χ1) is 28.0. The van der Waals surface area contributed by atoms with Gasteiger partial charge in [0.1, 0.15) is 11.1 Å². The number of carbonyl (C=O) groups is 4. The van der Waals surface area contributed by atoms with E-state index < -0.39 is 35.5 Å². The Morgan fingerprint density at radius 3 is 2.29 bits per heavy atom. The predicted octanol–water partition coefficient (Wildman–Crippen LogP) is 7.47. The average molecular weight is 910 g/mol. The summed E-state index contributed by atoms with van der Waals surface area (Å²) in [6, 6.07) is 30.6. The lowest BCUT2D eigenvalue weighted by Gasteiger charge is -2.58. The topological polar surface area (TPSA) is 103 Å². The van der Waals surface area contributed by atoms with Crippen LogP contribution in [0.25, 0.3) is 0 Å². The Morgan fingerprint density at radius 2 is 1.66 bits per heavy atom. The summed E-state index contributed by atoms with van der Waals surface area (Å²) in [4.78, 5) is 66.3. The van der Waals surface area contributed by atoms with E-state index in [2.05, 4.69) is 64.9 Å². The molecule has 298 valence electrons. The molecule has 7 aliphatic rings. The van der Waals surface area contributed by atoms with Gasteiger partial charge in [-0.05, 0) is 114 Å². The minimum atomic E-state index is -1.38. The normalized spacial score (nSPS) is 32.0. The largest absolute Gasteiger partial charge is 0.337 e. The third-order valence-corrected chi connectivity index (χ3v) is 14.7. The second-order valence-electron chi connectivity index (χ2n) is 17.2. The van der Waals surface area contributed by atoms with Crippen molar-refractivity contribution in [2.75, 3.05) is 18.0 Å². The third-order valence-electron chi connectivity index (χ3n) is 13.8. The second-order valence-corrected chi connectivity index (χ2v) is 18.9. The summed E-state index contributed by atoms with van der Waals surface area (Å²) in [7, 11) is 0. The lowest BCUT2D eigenvalue weighted by atomic mass is 9.79. The Morgan fingerprint density at radius 1 is 0.948 bits per heavy atom. The molecule has 58 heavy (non-hydrogen) atoms. The Balaban J connectivity index is 1.13. The van der Waals surface area contributed by atoms with Crippen LogP contribution in [-0.2, 0) is 23.9 Å². The van der Waals surface area contributed by atoms with Gasteiger partial charge in [-0.3, -0.25) is 38.8 Å². The van der Waals surface area contributed by atoms with E-state index in [1.54, 1.807) is 46.2 Å². The zero-order chi connectivity index (χ0) is 40.2. The zero-order valence-corrected chi connectivity index (χ0v) is 35.5. The molecule has 11 rings (SSSR count). The van der Waals surface area contributed by atoms with E-state index in [0.29, 0.717) is 28.6 Å². The molecular weight excluding hydrogens is 865 g/mol. The molecule has 1 N–H and O–H groups in total. The van der Waals surface area contributed by atoms with Gasteiger partial charge in [0, 0.05) is 44.8 Å². The fourth-order valence-corrected chi connectivity index (χ4v) is 11.6. The van der Waals surface area contributed by atoms with Crippen molar-refractivity contribution in [3.8, 4) is 0 Å². The SMILES string of the molecule is Cc1ccc(N(C=O)C(C(=O)NC2CC3CCN2CC3)N2C(=O)[C@@]34C(c5cccc(I)c5)[C@H]3[C@]24N2C(=O)[C@H](c3ccc(Cl)cc3)O[C@@H]2c2cccc(C(C)C)c2)cc1. The number of likely N-dealkylation sites (tertiary alicyclic amines) is 1. The first-order valence-corrected chi connectivity index (χ1v) is 21.7. The molecule has 5 saturated heterocycles. The van der Waals surface area contributed by atoms with Gasteiger partial charge in [0.15, 0.2) is 18.5 Å². The summed E-state index contributed by atoms with van der Waals surface area (Å²) in [6.45, 7) is 7.96. The van der Waals surface area contributed by atoms with Gasteiger partial charge in [-0.2, -0.15) is 0 Å². The van der Waals surface area contributed by atoms with Crippen molar-refractivity contribution < 1.29 is 23.9 Å². The van der Waals surface area contributed by atoms with Crippen LogP contribution < -0.4 is 10.2 Å². The average Bonchev–Trinajstić information content (AvgIpc) is 4.04. The number of rotatable bonds is 11. The van der Waals surface area contributed by atoms with Gasteiger partial charge in [0.25, 0.3) is 11.8 Å². The maximum atomic E-state index is 15.4. The van der Waals surface area contributed by atoms with Crippen LogP contribution in [0.1, 0.15) is 85.1 Å². The summed E-state index contributed by atoms with van der Waals surface area (Å²) in [5.74, 6) is -0.815. The summed E-state index contributed by atoms with van der Waals surface area (Å²) < 4.78 is 7.92. The number of halogens is 2. The molecule has 8 atom stereocenters. The van der Waals surface area contributed by atoms with Gasteiger partial charge in [-0.15, -0.1) is 0 Å². The van der Waals surface area contributed by atoms with E-state index in [9.17, 15) is 4.79 Å². The van der Waals surface area contributed by atoms with Crippen molar-refractivity contribution in [2.24, 2.45) is 17.3 Å². The van der Waals surface area contributed by atoms with Crippen LogP contribution in [0.2, 0.25) is 5.02 Å².